The van der Waals surface area contributed by atoms with Gasteiger partial charge in [-0.1, -0.05) is 13.2 Å². The minimum absolute atomic E-state index is 0.176. The van der Waals surface area contributed by atoms with Gasteiger partial charge in [0.25, 0.3) is 0 Å². The monoisotopic (exact) mass is 288 g/mol. The van der Waals surface area contributed by atoms with Crippen molar-refractivity contribution >= 4 is 11.9 Å². The summed E-state index contributed by atoms with van der Waals surface area (Å²) in [6.07, 6.45) is 2.83. The molecule has 1 rings (SSSR count). The normalized spacial score (nSPS) is 20.4. The SMILES string of the molecule is C=C(C)C(=O)O.C=C(C)C(=O)O.OC1CCCC(O)C1. The van der Waals surface area contributed by atoms with Gasteiger partial charge in [-0.15, -0.1) is 0 Å². The Morgan fingerprint density at radius 1 is 0.900 bits per heavy atom. The number of carboxylic acids is 2. The number of carbonyl (C=O) groups is 2. The third kappa shape index (κ3) is 14.4. The average Bonchev–Trinajstić information content (AvgIpc) is 2.29. The van der Waals surface area contributed by atoms with E-state index in [2.05, 4.69) is 13.2 Å². The first-order valence-corrected chi connectivity index (χ1v) is 6.21. The van der Waals surface area contributed by atoms with Crippen molar-refractivity contribution in [3.63, 3.8) is 0 Å². The van der Waals surface area contributed by atoms with E-state index in [0.717, 1.165) is 19.3 Å². The number of aliphatic carboxylic acids is 2. The van der Waals surface area contributed by atoms with Crippen LogP contribution in [0.3, 0.4) is 0 Å². The zero-order chi connectivity index (χ0) is 16.3. The summed E-state index contributed by atoms with van der Waals surface area (Å²) in [5, 5.41) is 33.6. The molecule has 0 aliphatic heterocycles. The molecular formula is C14H24O6. The Morgan fingerprint density at radius 2 is 1.15 bits per heavy atom. The first-order chi connectivity index (χ1) is 9.07. The van der Waals surface area contributed by atoms with Gasteiger partial charge in [-0.3, -0.25) is 0 Å². The van der Waals surface area contributed by atoms with Crippen LogP contribution in [0.2, 0.25) is 0 Å². The lowest BCUT2D eigenvalue weighted by molar-refractivity contribution is -0.133. The second-order valence-corrected chi connectivity index (χ2v) is 4.65. The van der Waals surface area contributed by atoms with Gasteiger partial charge in [0.2, 0.25) is 0 Å². The van der Waals surface area contributed by atoms with Gasteiger partial charge < -0.3 is 20.4 Å². The molecule has 0 saturated heterocycles. The lowest BCUT2D eigenvalue weighted by Gasteiger charge is -2.20. The molecule has 0 heterocycles. The third-order valence-electron chi connectivity index (χ3n) is 2.35. The molecule has 2 atom stereocenters. The molecule has 6 nitrogen and oxygen atoms in total. The second-order valence-electron chi connectivity index (χ2n) is 4.65. The van der Waals surface area contributed by atoms with Crippen LogP contribution in [0.4, 0.5) is 0 Å². The zero-order valence-electron chi connectivity index (χ0n) is 12.0. The minimum atomic E-state index is -0.935. The van der Waals surface area contributed by atoms with Crippen LogP contribution in [0, 0.1) is 0 Å². The van der Waals surface area contributed by atoms with E-state index in [9.17, 15) is 9.59 Å². The highest BCUT2D eigenvalue weighted by Crippen LogP contribution is 2.17. The number of carboxylic acid groups (broad SMARTS) is 2. The van der Waals surface area contributed by atoms with Crippen LogP contribution >= 0.6 is 0 Å². The summed E-state index contributed by atoms with van der Waals surface area (Å²) in [6, 6.07) is 0. The van der Waals surface area contributed by atoms with E-state index in [1.165, 1.54) is 13.8 Å². The second kappa shape index (κ2) is 11.2. The van der Waals surface area contributed by atoms with Gasteiger partial charge in [-0.2, -0.15) is 0 Å². The maximum Gasteiger partial charge on any atom is 0.330 e. The van der Waals surface area contributed by atoms with Crippen molar-refractivity contribution in [1.29, 1.82) is 0 Å². The zero-order valence-corrected chi connectivity index (χ0v) is 12.0. The molecule has 0 spiro atoms. The molecule has 0 bridgehead atoms. The fourth-order valence-corrected chi connectivity index (χ4v) is 1.14. The van der Waals surface area contributed by atoms with Gasteiger partial charge in [-0.05, 0) is 39.5 Å². The summed E-state index contributed by atoms with van der Waals surface area (Å²) >= 11 is 0. The molecule has 116 valence electrons. The van der Waals surface area contributed by atoms with Gasteiger partial charge in [0.15, 0.2) is 0 Å². The first-order valence-electron chi connectivity index (χ1n) is 6.21. The fourth-order valence-electron chi connectivity index (χ4n) is 1.14. The largest absolute Gasteiger partial charge is 0.478 e. The van der Waals surface area contributed by atoms with Crippen LogP contribution in [-0.4, -0.2) is 44.6 Å². The van der Waals surface area contributed by atoms with Crippen molar-refractivity contribution in [2.45, 2.75) is 51.7 Å². The Morgan fingerprint density at radius 3 is 1.25 bits per heavy atom. The molecule has 1 aliphatic rings. The Labute approximate surface area is 119 Å². The molecule has 1 saturated carbocycles. The summed E-state index contributed by atoms with van der Waals surface area (Å²) in [5.41, 5.74) is 0.352. The van der Waals surface area contributed by atoms with Gasteiger partial charge in [0, 0.05) is 11.1 Å². The summed E-state index contributed by atoms with van der Waals surface area (Å²) in [5.74, 6) is -1.87. The fraction of sp³-hybridized carbons (Fsp3) is 0.571. The smallest absolute Gasteiger partial charge is 0.330 e. The van der Waals surface area contributed by atoms with Crippen LogP contribution in [0.15, 0.2) is 24.3 Å². The van der Waals surface area contributed by atoms with Crippen molar-refractivity contribution in [1.82, 2.24) is 0 Å². The predicted octanol–water partition coefficient (Wildman–Crippen LogP) is 1.58. The average molecular weight is 288 g/mol. The molecule has 1 fully saturated rings. The van der Waals surface area contributed by atoms with E-state index in [1.54, 1.807) is 0 Å². The number of aliphatic hydroxyl groups excluding tert-OH is 2. The highest BCUT2D eigenvalue weighted by molar-refractivity contribution is 5.85. The van der Waals surface area contributed by atoms with Gasteiger partial charge in [-0.25, -0.2) is 9.59 Å². The summed E-state index contributed by atoms with van der Waals surface area (Å²) in [6.45, 7) is 9.20. The van der Waals surface area contributed by atoms with E-state index in [4.69, 9.17) is 20.4 Å². The Hall–Kier alpha value is -1.66. The molecular weight excluding hydrogens is 264 g/mol. The number of hydrogen-bond donors (Lipinski definition) is 4. The van der Waals surface area contributed by atoms with E-state index in [1.807, 2.05) is 0 Å². The van der Waals surface area contributed by atoms with E-state index < -0.39 is 11.9 Å². The van der Waals surface area contributed by atoms with E-state index in [-0.39, 0.29) is 23.4 Å². The maximum atomic E-state index is 9.60. The predicted molar refractivity (Wildman–Crippen MR) is 75.4 cm³/mol. The van der Waals surface area contributed by atoms with Gasteiger partial charge in [0.05, 0.1) is 12.2 Å². The van der Waals surface area contributed by atoms with Crippen molar-refractivity contribution in [2.24, 2.45) is 0 Å². The highest BCUT2D eigenvalue weighted by atomic mass is 16.4. The van der Waals surface area contributed by atoms with Crippen molar-refractivity contribution in [3.05, 3.63) is 24.3 Å². The topological polar surface area (TPSA) is 115 Å². The molecule has 20 heavy (non-hydrogen) atoms. The Balaban J connectivity index is 0. The molecule has 0 aromatic rings. The molecule has 0 amide bonds. The highest BCUT2D eigenvalue weighted by Gasteiger charge is 2.16. The molecule has 0 aromatic carbocycles. The first kappa shape index (κ1) is 20.7. The van der Waals surface area contributed by atoms with Crippen LogP contribution in [-0.2, 0) is 9.59 Å². The quantitative estimate of drug-likeness (QED) is 0.573. The van der Waals surface area contributed by atoms with Crippen LogP contribution in [0.1, 0.15) is 39.5 Å². The maximum absolute atomic E-state index is 9.60. The van der Waals surface area contributed by atoms with Crippen molar-refractivity contribution in [3.8, 4) is 0 Å². The molecule has 0 radical (unpaired) electrons. The van der Waals surface area contributed by atoms with Crippen LogP contribution < -0.4 is 0 Å². The van der Waals surface area contributed by atoms with E-state index >= 15 is 0 Å². The number of rotatable bonds is 2. The van der Waals surface area contributed by atoms with Gasteiger partial charge in [0.1, 0.15) is 0 Å². The third-order valence-corrected chi connectivity index (χ3v) is 2.35. The van der Waals surface area contributed by atoms with Crippen LogP contribution in [0.5, 0.6) is 0 Å². The molecule has 0 aromatic heterocycles. The summed E-state index contributed by atoms with van der Waals surface area (Å²) < 4.78 is 0. The lowest BCUT2D eigenvalue weighted by Crippen LogP contribution is -2.22. The summed E-state index contributed by atoms with van der Waals surface area (Å²) in [7, 11) is 0. The summed E-state index contributed by atoms with van der Waals surface area (Å²) in [4.78, 5) is 19.2. The molecule has 2 unspecified atom stereocenters. The lowest BCUT2D eigenvalue weighted by atomic mass is 9.95. The molecule has 4 N–H and O–H groups in total. The minimum Gasteiger partial charge on any atom is -0.478 e. The van der Waals surface area contributed by atoms with Gasteiger partial charge >= 0.3 is 11.9 Å². The number of aliphatic hydroxyl groups is 2. The van der Waals surface area contributed by atoms with Crippen LogP contribution in [0.25, 0.3) is 0 Å². The molecule has 6 heteroatoms. The standard InChI is InChI=1S/C6H12O2.2C4H6O2/c7-5-2-1-3-6(8)4-5;2*1-3(2)4(5)6/h5-8H,1-4H2;2*1H2,2H3,(H,5,6). The van der Waals surface area contributed by atoms with Crippen molar-refractivity contribution in [2.75, 3.05) is 0 Å². The molecule has 1 aliphatic carbocycles. The Kier molecular flexibility index (Phi) is 11.6. The Bertz CT molecular complexity index is 292. The van der Waals surface area contributed by atoms with E-state index in [0.29, 0.717) is 6.42 Å². The number of hydrogen-bond acceptors (Lipinski definition) is 4. The van der Waals surface area contributed by atoms with Crippen molar-refractivity contribution < 1.29 is 30.0 Å².